The normalized spacial score (nSPS) is 23.0. The first-order valence-corrected chi connectivity index (χ1v) is 7.09. The van der Waals surface area contributed by atoms with Gasteiger partial charge < -0.3 is 10.1 Å². The molecule has 2 heteroatoms. The molecule has 19 heavy (non-hydrogen) atoms. The predicted octanol–water partition coefficient (Wildman–Crippen LogP) is 3.50. The SMILES string of the molecule is COC1CCC(NCc2ccc3ccccc3c2)C1. The van der Waals surface area contributed by atoms with Gasteiger partial charge in [-0.25, -0.2) is 0 Å². The summed E-state index contributed by atoms with van der Waals surface area (Å²) in [5, 5.41) is 6.28. The molecule has 2 atom stereocenters. The van der Waals surface area contributed by atoms with Crippen LogP contribution in [-0.2, 0) is 11.3 Å². The number of benzene rings is 2. The topological polar surface area (TPSA) is 21.3 Å². The van der Waals surface area contributed by atoms with Gasteiger partial charge in [0.1, 0.15) is 0 Å². The highest BCUT2D eigenvalue weighted by molar-refractivity contribution is 5.82. The molecule has 0 heterocycles. The van der Waals surface area contributed by atoms with E-state index in [0.717, 1.165) is 13.0 Å². The second-order valence-corrected chi connectivity index (χ2v) is 5.43. The van der Waals surface area contributed by atoms with Crippen LogP contribution in [0, 0.1) is 0 Å². The molecule has 1 fully saturated rings. The highest BCUT2D eigenvalue weighted by Crippen LogP contribution is 2.22. The fourth-order valence-corrected chi connectivity index (χ4v) is 2.95. The molecule has 1 aliphatic carbocycles. The molecule has 0 aliphatic heterocycles. The largest absolute Gasteiger partial charge is 0.381 e. The maximum absolute atomic E-state index is 5.41. The highest BCUT2D eigenvalue weighted by Gasteiger charge is 2.23. The van der Waals surface area contributed by atoms with Crippen LogP contribution in [0.25, 0.3) is 10.8 Å². The molecule has 0 bridgehead atoms. The van der Waals surface area contributed by atoms with Crippen molar-refractivity contribution >= 4 is 10.8 Å². The molecule has 2 aromatic rings. The number of rotatable bonds is 4. The van der Waals surface area contributed by atoms with Crippen LogP contribution < -0.4 is 5.32 Å². The Balaban J connectivity index is 1.62. The Morgan fingerprint density at radius 3 is 2.74 bits per heavy atom. The average molecular weight is 255 g/mol. The van der Waals surface area contributed by atoms with Gasteiger partial charge in [-0.15, -0.1) is 0 Å². The van der Waals surface area contributed by atoms with Crippen molar-refractivity contribution in [3.05, 3.63) is 48.0 Å². The molecule has 0 amide bonds. The maximum atomic E-state index is 5.41. The second kappa shape index (κ2) is 5.72. The summed E-state index contributed by atoms with van der Waals surface area (Å²) >= 11 is 0. The Morgan fingerprint density at radius 1 is 1.11 bits per heavy atom. The predicted molar refractivity (Wildman–Crippen MR) is 79.2 cm³/mol. The standard InChI is InChI=1S/C17H21NO/c1-19-17-9-8-16(11-17)18-12-13-6-7-14-4-2-3-5-15(14)10-13/h2-7,10,16-18H,8-9,11-12H2,1H3. The van der Waals surface area contributed by atoms with Gasteiger partial charge in [-0.3, -0.25) is 0 Å². The lowest BCUT2D eigenvalue weighted by Crippen LogP contribution is -2.26. The van der Waals surface area contributed by atoms with Crippen molar-refractivity contribution in [1.82, 2.24) is 5.32 Å². The van der Waals surface area contributed by atoms with Gasteiger partial charge in [-0.2, -0.15) is 0 Å². The van der Waals surface area contributed by atoms with Gasteiger partial charge in [0, 0.05) is 19.7 Å². The first kappa shape index (κ1) is 12.6. The summed E-state index contributed by atoms with van der Waals surface area (Å²) in [6.45, 7) is 0.950. The van der Waals surface area contributed by atoms with Crippen LogP contribution in [0.5, 0.6) is 0 Å². The molecule has 0 saturated heterocycles. The van der Waals surface area contributed by atoms with Crippen LogP contribution in [0.15, 0.2) is 42.5 Å². The fourth-order valence-electron chi connectivity index (χ4n) is 2.95. The van der Waals surface area contributed by atoms with Crippen molar-refractivity contribution in [2.75, 3.05) is 7.11 Å². The van der Waals surface area contributed by atoms with Gasteiger partial charge in [0.25, 0.3) is 0 Å². The van der Waals surface area contributed by atoms with Gasteiger partial charge in [-0.1, -0.05) is 36.4 Å². The number of hydrogen-bond donors (Lipinski definition) is 1. The van der Waals surface area contributed by atoms with Crippen LogP contribution >= 0.6 is 0 Å². The van der Waals surface area contributed by atoms with E-state index in [-0.39, 0.29) is 0 Å². The van der Waals surface area contributed by atoms with E-state index in [1.807, 2.05) is 7.11 Å². The van der Waals surface area contributed by atoms with Gasteiger partial charge in [0.05, 0.1) is 6.10 Å². The molecule has 2 aromatic carbocycles. The van der Waals surface area contributed by atoms with Crippen LogP contribution in [-0.4, -0.2) is 19.3 Å². The lowest BCUT2D eigenvalue weighted by Gasteiger charge is -2.13. The Labute approximate surface area is 114 Å². The number of ether oxygens (including phenoxy) is 1. The van der Waals surface area contributed by atoms with Gasteiger partial charge in [0.2, 0.25) is 0 Å². The van der Waals surface area contributed by atoms with E-state index in [0.29, 0.717) is 12.1 Å². The summed E-state index contributed by atoms with van der Waals surface area (Å²) in [7, 11) is 1.82. The van der Waals surface area contributed by atoms with Crippen LogP contribution in [0.4, 0.5) is 0 Å². The molecule has 1 N–H and O–H groups in total. The molecule has 2 unspecified atom stereocenters. The fraction of sp³-hybridized carbons (Fsp3) is 0.412. The van der Waals surface area contributed by atoms with Gasteiger partial charge in [0.15, 0.2) is 0 Å². The first-order valence-electron chi connectivity index (χ1n) is 7.09. The molecule has 3 rings (SSSR count). The van der Waals surface area contributed by atoms with Gasteiger partial charge >= 0.3 is 0 Å². The molecule has 0 spiro atoms. The second-order valence-electron chi connectivity index (χ2n) is 5.43. The van der Waals surface area contributed by atoms with Crippen molar-refractivity contribution in [2.45, 2.75) is 38.0 Å². The molecule has 1 saturated carbocycles. The third-order valence-electron chi connectivity index (χ3n) is 4.13. The van der Waals surface area contributed by atoms with E-state index in [4.69, 9.17) is 4.74 Å². The molecule has 100 valence electrons. The van der Waals surface area contributed by atoms with E-state index in [2.05, 4.69) is 47.8 Å². The maximum Gasteiger partial charge on any atom is 0.0586 e. The smallest absolute Gasteiger partial charge is 0.0586 e. The molecular formula is C17H21NO. The molecule has 2 nitrogen and oxygen atoms in total. The zero-order chi connectivity index (χ0) is 13.1. The summed E-state index contributed by atoms with van der Waals surface area (Å²) in [6.07, 6.45) is 4.01. The van der Waals surface area contributed by atoms with E-state index in [1.165, 1.54) is 29.2 Å². The lowest BCUT2D eigenvalue weighted by molar-refractivity contribution is 0.107. The number of fused-ring (bicyclic) bond motifs is 1. The molecule has 1 aliphatic rings. The van der Waals surface area contributed by atoms with Crippen LogP contribution in [0.3, 0.4) is 0 Å². The van der Waals surface area contributed by atoms with E-state index in [9.17, 15) is 0 Å². The first-order chi connectivity index (χ1) is 9.35. The minimum Gasteiger partial charge on any atom is -0.381 e. The number of methoxy groups -OCH3 is 1. The summed E-state index contributed by atoms with van der Waals surface area (Å²) in [5.74, 6) is 0. The number of hydrogen-bond acceptors (Lipinski definition) is 2. The quantitative estimate of drug-likeness (QED) is 0.903. The van der Waals surface area contributed by atoms with Gasteiger partial charge in [-0.05, 0) is 41.7 Å². The molecule has 0 aromatic heterocycles. The average Bonchev–Trinajstić information content (AvgIpc) is 2.93. The van der Waals surface area contributed by atoms with Crippen molar-refractivity contribution in [1.29, 1.82) is 0 Å². The summed E-state index contributed by atoms with van der Waals surface area (Å²) in [4.78, 5) is 0. The zero-order valence-corrected chi connectivity index (χ0v) is 11.4. The summed E-state index contributed by atoms with van der Waals surface area (Å²) in [6, 6.07) is 15.8. The summed E-state index contributed by atoms with van der Waals surface area (Å²) < 4.78 is 5.41. The summed E-state index contributed by atoms with van der Waals surface area (Å²) in [5.41, 5.74) is 1.36. The Bertz CT molecular complexity index is 552. The van der Waals surface area contributed by atoms with Crippen LogP contribution in [0.2, 0.25) is 0 Å². The minimum absolute atomic E-state index is 0.453. The van der Waals surface area contributed by atoms with E-state index >= 15 is 0 Å². The van der Waals surface area contributed by atoms with E-state index < -0.39 is 0 Å². The third-order valence-corrected chi connectivity index (χ3v) is 4.13. The van der Waals surface area contributed by atoms with Crippen LogP contribution in [0.1, 0.15) is 24.8 Å². The minimum atomic E-state index is 0.453. The van der Waals surface area contributed by atoms with Crippen molar-refractivity contribution < 1.29 is 4.74 Å². The highest BCUT2D eigenvalue weighted by atomic mass is 16.5. The van der Waals surface area contributed by atoms with Crippen molar-refractivity contribution in [3.8, 4) is 0 Å². The zero-order valence-electron chi connectivity index (χ0n) is 11.4. The number of nitrogens with one attached hydrogen (secondary N) is 1. The van der Waals surface area contributed by atoms with Crippen molar-refractivity contribution in [2.24, 2.45) is 0 Å². The lowest BCUT2D eigenvalue weighted by atomic mass is 10.1. The molecular weight excluding hydrogens is 234 g/mol. The molecule has 0 radical (unpaired) electrons. The Morgan fingerprint density at radius 2 is 1.95 bits per heavy atom. The Kier molecular flexibility index (Phi) is 3.81. The Hall–Kier alpha value is -1.38. The monoisotopic (exact) mass is 255 g/mol. The van der Waals surface area contributed by atoms with Crippen molar-refractivity contribution in [3.63, 3.8) is 0 Å². The van der Waals surface area contributed by atoms with E-state index in [1.54, 1.807) is 0 Å². The third kappa shape index (κ3) is 2.96.